The number of hydrogen-bond donors (Lipinski definition) is 2. The molecular weight excluding hydrogens is 232 g/mol. The summed E-state index contributed by atoms with van der Waals surface area (Å²) in [5, 5.41) is 19.7. The van der Waals surface area contributed by atoms with Crippen LogP contribution in [0.5, 0.6) is 0 Å². The molecule has 0 radical (unpaired) electrons. The van der Waals surface area contributed by atoms with Crippen LogP contribution in [0.2, 0.25) is 0 Å². The third-order valence-corrected chi connectivity index (χ3v) is 2.85. The second-order valence-corrected chi connectivity index (χ2v) is 4.10. The van der Waals surface area contributed by atoms with Gasteiger partial charge in [0, 0.05) is 0 Å². The Kier molecular flexibility index (Phi) is 3.28. The van der Waals surface area contributed by atoms with Gasteiger partial charge < -0.3 is 10.2 Å². The Bertz CT molecular complexity index is 604. The normalized spacial score (nSPS) is 12.2. The summed E-state index contributed by atoms with van der Waals surface area (Å²) in [6.07, 6.45) is -0.409. The van der Waals surface area contributed by atoms with Crippen molar-refractivity contribution in [1.82, 2.24) is 0 Å². The maximum atomic E-state index is 11.1. The number of benzene rings is 2. The third kappa shape index (κ3) is 2.48. The monoisotopic (exact) mass is 244 g/mol. The van der Waals surface area contributed by atoms with E-state index in [2.05, 4.69) is 0 Å². The molecule has 4 heteroatoms. The van der Waals surface area contributed by atoms with E-state index in [-0.39, 0.29) is 0 Å². The van der Waals surface area contributed by atoms with E-state index < -0.39 is 24.3 Å². The van der Waals surface area contributed by atoms with Crippen LogP contribution in [-0.2, 0) is 9.59 Å². The Hall–Kier alpha value is -2.36. The molecule has 0 fully saturated rings. The van der Waals surface area contributed by atoms with Crippen LogP contribution in [0, 0.1) is 0 Å². The molecule has 18 heavy (non-hydrogen) atoms. The Morgan fingerprint density at radius 1 is 1.00 bits per heavy atom. The lowest BCUT2D eigenvalue weighted by Crippen LogP contribution is -2.15. The average molecular weight is 244 g/mol. The molecule has 0 bridgehead atoms. The van der Waals surface area contributed by atoms with E-state index in [1.54, 1.807) is 12.1 Å². The molecule has 1 atom stereocenters. The standard InChI is InChI=1S/C14H12O4/c15-13(16)8-12(14(17)18)11-6-5-9-3-1-2-4-10(9)7-11/h1-7,12H,8H2,(H,15,16)(H,17,18)/t12-/m0/s1. The van der Waals surface area contributed by atoms with Crippen LogP contribution in [0.4, 0.5) is 0 Å². The van der Waals surface area contributed by atoms with Gasteiger partial charge in [-0.25, -0.2) is 0 Å². The number of aliphatic carboxylic acids is 2. The van der Waals surface area contributed by atoms with Crippen LogP contribution in [0.15, 0.2) is 42.5 Å². The number of carboxylic acids is 2. The zero-order valence-electron chi connectivity index (χ0n) is 9.54. The van der Waals surface area contributed by atoms with Gasteiger partial charge in [0.25, 0.3) is 0 Å². The van der Waals surface area contributed by atoms with Gasteiger partial charge in [-0.2, -0.15) is 0 Å². The van der Waals surface area contributed by atoms with Crippen LogP contribution in [0.3, 0.4) is 0 Å². The molecule has 0 aliphatic carbocycles. The van der Waals surface area contributed by atoms with Crippen LogP contribution < -0.4 is 0 Å². The molecule has 0 aromatic heterocycles. The zero-order chi connectivity index (χ0) is 13.1. The highest BCUT2D eigenvalue weighted by atomic mass is 16.4. The van der Waals surface area contributed by atoms with Crippen molar-refractivity contribution < 1.29 is 19.8 Å². The molecule has 2 N–H and O–H groups in total. The number of hydrogen-bond acceptors (Lipinski definition) is 2. The van der Waals surface area contributed by atoms with Crippen LogP contribution >= 0.6 is 0 Å². The van der Waals surface area contributed by atoms with Crippen molar-refractivity contribution in [3.05, 3.63) is 48.0 Å². The summed E-state index contributed by atoms with van der Waals surface area (Å²) in [7, 11) is 0. The Morgan fingerprint density at radius 3 is 2.28 bits per heavy atom. The van der Waals surface area contributed by atoms with Gasteiger partial charge >= 0.3 is 11.9 Å². The van der Waals surface area contributed by atoms with Crippen molar-refractivity contribution in [1.29, 1.82) is 0 Å². The number of carboxylic acid groups (broad SMARTS) is 2. The van der Waals surface area contributed by atoms with Crippen molar-refractivity contribution in [3.8, 4) is 0 Å². The second kappa shape index (κ2) is 4.87. The predicted molar refractivity (Wildman–Crippen MR) is 66.6 cm³/mol. The van der Waals surface area contributed by atoms with Crippen molar-refractivity contribution in [2.75, 3.05) is 0 Å². The molecule has 0 spiro atoms. The van der Waals surface area contributed by atoms with E-state index in [1.807, 2.05) is 30.3 Å². The molecule has 0 saturated heterocycles. The Labute approximate surface area is 103 Å². The van der Waals surface area contributed by atoms with Gasteiger partial charge in [-0.1, -0.05) is 42.5 Å². The smallest absolute Gasteiger partial charge is 0.311 e. The van der Waals surface area contributed by atoms with Gasteiger partial charge in [-0.05, 0) is 16.3 Å². The summed E-state index contributed by atoms with van der Waals surface area (Å²) in [4.78, 5) is 21.8. The lowest BCUT2D eigenvalue weighted by atomic mass is 9.94. The fourth-order valence-corrected chi connectivity index (χ4v) is 1.95. The molecule has 4 nitrogen and oxygen atoms in total. The molecule has 0 amide bonds. The summed E-state index contributed by atoms with van der Waals surface area (Å²) < 4.78 is 0. The van der Waals surface area contributed by atoms with Crippen LogP contribution in [0.1, 0.15) is 17.9 Å². The maximum absolute atomic E-state index is 11.1. The van der Waals surface area contributed by atoms with Crippen LogP contribution in [0.25, 0.3) is 10.8 Å². The van der Waals surface area contributed by atoms with E-state index in [4.69, 9.17) is 10.2 Å². The zero-order valence-corrected chi connectivity index (χ0v) is 9.54. The molecule has 0 saturated carbocycles. The minimum absolute atomic E-state index is 0.409. The number of carbonyl (C=O) groups is 2. The molecule has 2 rings (SSSR count). The van der Waals surface area contributed by atoms with Gasteiger partial charge in [0.2, 0.25) is 0 Å². The minimum atomic E-state index is -1.12. The van der Waals surface area contributed by atoms with Gasteiger partial charge in [-0.15, -0.1) is 0 Å². The largest absolute Gasteiger partial charge is 0.481 e. The molecule has 0 heterocycles. The summed E-state index contributed by atoms with van der Waals surface area (Å²) >= 11 is 0. The molecule has 0 unspecified atom stereocenters. The Balaban J connectivity index is 2.44. The van der Waals surface area contributed by atoms with E-state index >= 15 is 0 Å². The van der Waals surface area contributed by atoms with Crippen molar-refractivity contribution in [3.63, 3.8) is 0 Å². The van der Waals surface area contributed by atoms with Crippen molar-refractivity contribution in [2.24, 2.45) is 0 Å². The summed E-state index contributed by atoms with van der Waals surface area (Å²) in [6.45, 7) is 0. The average Bonchev–Trinajstić information content (AvgIpc) is 2.35. The first-order valence-corrected chi connectivity index (χ1v) is 5.51. The number of rotatable bonds is 4. The molecule has 0 aliphatic heterocycles. The summed E-state index contributed by atoms with van der Waals surface area (Å²) in [5.41, 5.74) is 0.517. The first kappa shape index (κ1) is 12.1. The van der Waals surface area contributed by atoms with Gasteiger partial charge in [0.1, 0.15) is 0 Å². The summed E-state index contributed by atoms with van der Waals surface area (Å²) in [6, 6.07) is 12.8. The molecule has 2 aromatic carbocycles. The second-order valence-electron chi connectivity index (χ2n) is 4.10. The highest BCUT2D eigenvalue weighted by molar-refractivity contribution is 5.87. The Morgan fingerprint density at radius 2 is 1.67 bits per heavy atom. The number of fused-ring (bicyclic) bond motifs is 1. The lowest BCUT2D eigenvalue weighted by molar-refractivity contribution is -0.145. The SMILES string of the molecule is O=C(O)C[C@H](C(=O)O)c1ccc2ccccc2c1. The molecule has 2 aromatic rings. The van der Waals surface area contributed by atoms with Crippen molar-refractivity contribution >= 4 is 22.7 Å². The minimum Gasteiger partial charge on any atom is -0.481 e. The highest BCUT2D eigenvalue weighted by Crippen LogP contribution is 2.24. The van der Waals surface area contributed by atoms with Crippen LogP contribution in [-0.4, -0.2) is 22.2 Å². The van der Waals surface area contributed by atoms with E-state index in [0.29, 0.717) is 5.56 Å². The van der Waals surface area contributed by atoms with E-state index in [0.717, 1.165) is 10.8 Å². The fraction of sp³-hybridized carbons (Fsp3) is 0.143. The first-order chi connectivity index (χ1) is 8.58. The molecular formula is C14H12O4. The van der Waals surface area contributed by atoms with Crippen molar-refractivity contribution in [2.45, 2.75) is 12.3 Å². The third-order valence-electron chi connectivity index (χ3n) is 2.85. The topological polar surface area (TPSA) is 74.6 Å². The lowest BCUT2D eigenvalue weighted by Gasteiger charge is -2.11. The fourth-order valence-electron chi connectivity index (χ4n) is 1.95. The molecule has 92 valence electrons. The molecule has 0 aliphatic rings. The predicted octanol–water partition coefficient (Wildman–Crippen LogP) is 2.48. The van der Waals surface area contributed by atoms with Gasteiger partial charge in [-0.3, -0.25) is 9.59 Å². The quantitative estimate of drug-likeness (QED) is 0.866. The maximum Gasteiger partial charge on any atom is 0.311 e. The highest BCUT2D eigenvalue weighted by Gasteiger charge is 2.23. The van der Waals surface area contributed by atoms with E-state index in [1.165, 1.54) is 0 Å². The summed E-state index contributed by atoms with van der Waals surface area (Å²) in [5.74, 6) is -3.24. The van der Waals surface area contributed by atoms with Gasteiger partial charge in [0.05, 0.1) is 12.3 Å². The van der Waals surface area contributed by atoms with E-state index in [9.17, 15) is 9.59 Å². The van der Waals surface area contributed by atoms with Gasteiger partial charge in [0.15, 0.2) is 0 Å². The first-order valence-electron chi connectivity index (χ1n) is 5.51.